The van der Waals surface area contributed by atoms with E-state index >= 15 is 0 Å². The number of amides is 1. The fourth-order valence-electron chi connectivity index (χ4n) is 3.40. The molecule has 168 valence electrons. The summed E-state index contributed by atoms with van der Waals surface area (Å²) in [6.07, 6.45) is -2.80. The van der Waals surface area contributed by atoms with Gasteiger partial charge in [0, 0.05) is 24.5 Å². The van der Waals surface area contributed by atoms with Crippen molar-refractivity contribution in [3.8, 4) is 5.75 Å². The van der Waals surface area contributed by atoms with Crippen molar-refractivity contribution in [2.75, 3.05) is 19.8 Å². The first-order chi connectivity index (χ1) is 14.3. The molecule has 0 unspecified atom stereocenters. The summed E-state index contributed by atoms with van der Waals surface area (Å²) in [6.45, 7) is 0.748. The lowest BCUT2D eigenvalue weighted by atomic mass is 9.92. The minimum Gasteiger partial charge on any atom is -0.484 e. The highest BCUT2D eigenvalue weighted by molar-refractivity contribution is 6.30. The van der Waals surface area contributed by atoms with E-state index in [0.29, 0.717) is 30.4 Å². The van der Waals surface area contributed by atoms with Crippen LogP contribution in [-0.4, -0.2) is 56.4 Å². The lowest BCUT2D eigenvalue weighted by molar-refractivity contribution is -0.357. The molecule has 2 aliphatic rings. The second-order valence-electron chi connectivity index (χ2n) is 7.48. The Kier molecular flexibility index (Phi) is 8.21. The van der Waals surface area contributed by atoms with E-state index in [1.165, 1.54) is 0 Å². The molecule has 1 heterocycles. The van der Waals surface area contributed by atoms with Gasteiger partial charge in [0.05, 0.1) is 31.0 Å². The van der Waals surface area contributed by atoms with E-state index in [9.17, 15) is 18.0 Å². The Bertz CT molecular complexity index is 674. The van der Waals surface area contributed by atoms with Gasteiger partial charge in [0.2, 0.25) is 0 Å². The number of halogens is 4. The Morgan fingerprint density at radius 1 is 1.17 bits per heavy atom. The van der Waals surface area contributed by atoms with E-state index in [1.807, 2.05) is 0 Å². The fourth-order valence-corrected chi connectivity index (χ4v) is 3.53. The van der Waals surface area contributed by atoms with Crippen LogP contribution in [-0.2, 0) is 19.0 Å². The molecule has 0 radical (unpaired) electrons. The van der Waals surface area contributed by atoms with Crippen molar-refractivity contribution in [3.05, 3.63) is 29.3 Å². The second-order valence-corrected chi connectivity index (χ2v) is 7.91. The maximum atomic E-state index is 12.1. The molecule has 1 aromatic carbocycles. The molecule has 1 N–H and O–H groups in total. The normalized spacial score (nSPS) is 26.7. The van der Waals surface area contributed by atoms with Gasteiger partial charge in [0.1, 0.15) is 5.75 Å². The van der Waals surface area contributed by atoms with Crippen LogP contribution in [0.5, 0.6) is 5.75 Å². The van der Waals surface area contributed by atoms with Crippen LogP contribution in [0.1, 0.15) is 32.1 Å². The van der Waals surface area contributed by atoms with Gasteiger partial charge in [0.15, 0.2) is 6.61 Å². The van der Waals surface area contributed by atoms with Crippen molar-refractivity contribution in [1.82, 2.24) is 5.32 Å². The molecule has 10 heteroatoms. The molecule has 3 rings (SSSR count). The van der Waals surface area contributed by atoms with Crippen molar-refractivity contribution < 1.29 is 36.9 Å². The van der Waals surface area contributed by atoms with Gasteiger partial charge in [-0.05, 0) is 43.5 Å². The van der Waals surface area contributed by atoms with Gasteiger partial charge in [-0.2, -0.15) is 0 Å². The highest BCUT2D eigenvalue weighted by atomic mass is 35.5. The van der Waals surface area contributed by atoms with Crippen molar-refractivity contribution >= 4 is 17.5 Å². The number of hydrogen-bond donors (Lipinski definition) is 1. The van der Waals surface area contributed by atoms with Crippen LogP contribution in [0.3, 0.4) is 0 Å². The Morgan fingerprint density at radius 3 is 2.53 bits per heavy atom. The summed E-state index contributed by atoms with van der Waals surface area (Å²) in [6, 6.07) is 6.69. The van der Waals surface area contributed by atoms with Crippen LogP contribution in [0.15, 0.2) is 24.3 Å². The minimum absolute atomic E-state index is 0.0192. The van der Waals surface area contributed by atoms with Crippen LogP contribution in [0.25, 0.3) is 0 Å². The van der Waals surface area contributed by atoms with E-state index in [-0.39, 0.29) is 43.6 Å². The minimum atomic E-state index is -4.58. The molecule has 1 aliphatic heterocycles. The molecule has 1 saturated heterocycles. The number of hydrogen-bond acceptors (Lipinski definition) is 5. The Balaban J connectivity index is 1.22. The summed E-state index contributed by atoms with van der Waals surface area (Å²) in [5, 5.41) is 3.48. The predicted octanol–water partition coefficient (Wildman–Crippen LogP) is 3.86. The van der Waals surface area contributed by atoms with Gasteiger partial charge in [-0.1, -0.05) is 11.6 Å². The van der Waals surface area contributed by atoms with E-state index in [4.69, 9.17) is 25.8 Å². The third-order valence-electron chi connectivity index (χ3n) is 5.06. The molecular weight excluding hydrogens is 427 g/mol. The molecule has 1 saturated carbocycles. The van der Waals surface area contributed by atoms with Gasteiger partial charge in [-0.25, -0.2) is 0 Å². The first-order valence-electron chi connectivity index (χ1n) is 9.92. The van der Waals surface area contributed by atoms with E-state index in [2.05, 4.69) is 10.1 Å². The molecular formula is C20H25ClF3NO5. The second kappa shape index (κ2) is 10.7. The smallest absolute Gasteiger partial charge is 0.484 e. The molecule has 2 atom stereocenters. The summed E-state index contributed by atoms with van der Waals surface area (Å²) in [5.41, 5.74) is 0. The number of alkyl halides is 3. The van der Waals surface area contributed by atoms with E-state index in [0.717, 1.165) is 12.8 Å². The van der Waals surface area contributed by atoms with Crippen LogP contribution in [0.4, 0.5) is 13.2 Å². The molecule has 1 aromatic rings. The van der Waals surface area contributed by atoms with Gasteiger partial charge >= 0.3 is 6.36 Å². The van der Waals surface area contributed by atoms with Crippen LogP contribution < -0.4 is 10.1 Å². The Labute approximate surface area is 177 Å². The molecule has 0 bridgehead atoms. The molecule has 2 fully saturated rings. The van der Waals surface area contributed by atoms with Crippen LogP contribution in [0, 0.1) is 0 Å². The topological polar surface area (TPSA) is 66.0 Å². The third-order valence-corrected chi connectivity index (χ3v) is 5.32. The number of rotatable bonds is 9. The Morgan fingerprint density at radius 2 is 1.90 bits per heavy atom. The summed E-state index contributed by atoms with van der Waals surface area (Å²) in [7, 11) is 0. The largest absolute Gasteiger partial charge is 0.522 e. The quantitative estimate of drug-likeness (QED) is 0.617. The van der Waals surface area contributed by atoms with E-state index < -0.39 is 12.5 Å². The SMILES string of the molecule is O=C(COc1ccc(Cl)cc1)N[C@H]1CC[C@H](CCOC2CC(OC(F)(F)F)C2)OC1. The molecule has 0 aromatic heterocycles. The van der Waals surface area contributed by atoms with Crippen molar-refractivity contribution in [3.63, 3.8) is 0 Å². The molecule has 1 aliphatic carbocycles. The van der Waals surface area contributed by atoms with Crippen molar-refractivity contribution in [2.24, 2.45) is 0 Å². The van der Waals surface area contributed by atoms with Gasteiger partial charge in [0.25, 0.3) is 5.91 Å². The summed E-state index contributed by atoms with van der Waals surface area (Å²) < 4.78 is 56.9. The number of benzene rings is 1. The lowest BCUT2D eigenvalue weighted by Gasteiger charge is -2.35. The number of carbonyl (C=O) groups excluding carboxylic acids is 1. The highest BCUT2D eigenvalue weighted by Crippen LogP contribution is 2.32. The van der Waals surface area contributed by atoms with Crippen LogP contribution in [0.2, 0.25) is 5.02 Å². The van der Waals surface area contributed by atoms with Gasteiger partial charge in [-0.15, -0.1) is 13.2 Å². The maximum absolute atomic E-state index is 12.1. The maximum Gasteiger partial charge on any atom is 0.522 e. The number of nitrogens with one attached hydrogen (secondary N) is 1. The van der Waals surface area contributed by atoms with Gasteiger partial charge < -0.3 is 19.5 Å². The number of carbonyl (C=O) groups is 1. The highest BCUT2D eigenvalue weighted by Gasteiger charge is 2.40. The van der Waals surface area contributed by atoms with Crippen LogP contribution >= 0.6 is 11.6 Å². The predicted molar refractivity (Wildman–Crippen MR) is 102 cm³/mol. The Hall–Kier alpha value is -1.55. The first kappa shape index (κ1) is 23.1. The molecule has 30 heavy (non-hydrogen) atoms. The zero-order valence-electron chi connectivity index (χ0n) is 16.3. The summed E-state index contributed by atoms with van der Waals surface area (Å²) in [5.74, 6) is 0.346. The third kappa shape index (κ3) is 7.94. The number of ether oxygens (including phenoxy) is 4. The zero-order chi connectivity index (χ0) is 21.6. The molecule has 6 nitrogen and oxygen atoms in total. The molecule has 1 amide bonds. The zero-order valence-corrected chi connectivity index (χ0v) is 17.1. The summed E-state index contributed by atoms with van der Waals surface area (Å²) >= 11 is 5.80. The van der Waals surface area contributed by atoms with Crippen molar-refractivity contribution in [1.29, 1.82) is 0 Å². The average Bonchev–Trinajstić information content (AvgIpc) is 2.66. The first-order valence-corrected chi connectivity index (χ1v) is 10.3. The lowest BCUT2D eigenvalue weighted by Crippen LogP contribution is -2.45. The van der Waals surface area contributed by atoms with Crippen molar-refractivity contribution in [2.45, 2.75) is 62.8 Å². The standard InChI is InChI=1S/C20H25ClF3NO5/c21-13-1-4-15(5-2-13)29-12-19(26)25-14-3-6-16(28-11-14)7-8-27-17-9-18(10-17)30-20(22,23)24/h1-2,4-5,14,16-18H,3,6-12H2,(H,25,26)/t14-,16+,17?,18?/m0/s1. The molecule has 0 spiro atoms. The summed E-state index contributed by atoms with van der Waals surface area (Å²) in [4.78, 5) is 12.0. The van der Waals surface area contributed by atoms with E-state index in [1.54, 1.807) is 24.3 Å². The fraction of sp³-hybridized carbons (Fsp3) is 0.650. The monoisotopic (exact) mass is 451 g/mol. The van der Waals surface area contributed by atoms with Gasteiger partial charge in [-0.3, -0.25) is 9.53 Å². The average molecular weight is 452 g/mol.